The molecule has 1 heterocycles. The van der Waals surface area contributed by atoms with Crippen LogP contribution in [0.15, 0.2) is 48.8 Å². The molecule has 0 aliphatic rings. The molecule has 1 aromatic carbocycles. The van der Waals surface area contributed by atoms with Crippen LogP contribution in [0.1, 0.15) is 40.9 Å². The van der Waals surface area contributed by atoms with Crippen LogP contribution in [-0.2, 0) is 6.18 Å². The molecule has 4 nitrogen and oxygen atoms in total. The topological polar surface area (TPSA) is 62.2 Å². The Morgan fingerprint density at radius 2 is 1.92 bits per heavy atom. The van der Waals surface area contributed by atoms with Crippen molar-refractivity contribution in [3.8, 4) is 0 Å². The summed E-state index contributed by atoms with van der Waals surface area (Å²) in [5.74, 6) is -0.402. The maximum Gasteiger partial charge on any atom is 0.416 e. The number of nitrogens with zero attached hydrogens (tertiary/aromatic N) is 1. The number of carbonyl (C=O) groups is 1. The molecule has 2 atom stereocenters. The first-order valence-electron chi connectivity index (χ1n) is 7.39. The van der Waals surface area contributed by atoms with Gasteiger partial charge in [-0.05, 0) is 36.2 Å². The van der Waals surface area contributed by atoms with Crippen molar-refractivity contribution in [2.75, 3.05) is 0 Å². The summed E-state index contributed by atoms with van der Waals surface area (Å²) in [7, 11) is 0. The van der Waals surface area contributed by atoms with Crippen molar-refractivity contribution in [2.24, 2.45) is 0 Å². The van der Waals surface area contributed by atoms with Gasteiger partial charge in [0.1, 0.15) is 0 Å². The van der Waals surface area contributed by atoms with Crippen LogP contribution in [0.2, 0.25) is 0 Å². The molecule has 0 bridgehead atoms. The zero-order valence-electron chi connectivity index (χ0n) is 12.9. The highest BCUT2D eigenvalue weighted by Crippen LogP contribution is 2.30. The molecular formula is C17H17F3N2O2. The van der Waals surface area contributed by atoms with E-state index in [-0.39, 0.29) is 0 Å². The van der Waals surface area contributed by atoms with Gasteiger partial charge in [-0.15, -0.1) is 0 Å². The Labute approximate surface area is 137 Å². The minimum Gasteiger partial charge on any atom is -0.386 e. The van der Waals surface area contributed by atoms with E-state index in [0.717, 1.165) is 12.1 Å². The number of alkyl halides is 3. The van der Waals surface area contributed by atoms with Crippen molar-refractivity contribution in [2.45, 2.75) is 31.7 Å². The second kappa shape index (κ2) is 7.44. The molecule has 0 saturated carbocycles. The summed E-state index contributed by atoms with van der Waals surface area (Å²) in [5.41, 5.74) is -0.136. The summed E-state index contributed by atoms with van der Waals surface area (Å²) < 4.78 is 37.7. The Morgan fingerprint density at radius 1 is 1.25 bits per heavy atom. The fourth-order valence-electron chi connectivity index (χ4n) is 2.25. The van der Waals surface area contributed by atoms with E-state index in [4.69, 9.17) is 0 Å². The maximum atomic E-state index is 12.6. The van der Waals surface area contributed by atoms with Crippen LogP contribution in [0.4, 0.5) is 13.2 Å². The third kappa shape index (κ3) is 4.32. The van der Waals surface area contributed by atoms with E-state index in [1.165, 1.54) is 24.5 Å². The van der Waals surface area contributed by atoms with Gasteiger partial charge in [0.05, 0.1) is 23.3 Å². The molecule has 0 aliphatic heterocycles. The average molecular weight is 338 g/mol. The molecule has 1 aromatic heterocycles. The number of benzene rings is 1. The number of nitrogens with one attached hydrogen (secondary N) is 1. The molecule has 1 amide bonds. The van der Waals surface area contributed by atoms with E-state index in [0.29, 0.717) is 17.5 Å². The quantitative estimate of drug-likeness (QED) is 0.879. The molecule has 0 aliphatic carbocycles. The van der Waals surface area contributed by atoms with E-state index in [2.05, 4.69) is 10.3 Å². The van der Waals surface area contributed by atoms with Gasteiger partial charge in [-0.3, -0.25) is 9.78 Å². The molecule has 0 fully saturated rings. The maximum absolute atomic E-state index is 12.6. The number of hydrogen-bond acceptors (Lipinski definition) is 3. The predicted molar refractivity (Wildman–Crippen MR) is 82.2 cm³/mol. The smallest absolute Gasteiger partial charge is 0.386 e. The fraction of sp³-hybridized carbons (Fsp3) is 0.294. The Kier molecular flexibility index (Phi) is 5.56. The average Bonchev–Trinajstić information content (AvgIpc) is 2.59. The van der Waals surface area contributed by atoms with E-state index in [1.807, 2.05) is 0 Å². The molecule has 0 unspecified atom stereocenters. The highest BCUT2D eigenvalue weighted by atomic mass is 19.4. The Balaban J connectivity index is 2.11. The van der Waals surface area contributed by atoms with Gasteiger partial charge in [0.2, 0.25) is 0 Å². The highest BCUT2D eigenvalue weighted by molar-refractivity contribution is 5.94. The van der Waals surface area contributed by atoms with Crippen molar-refractivity contribution < 1.29 is 23.1 Å². The monoisotopic (exact) mass is 338 g/mol. The molecule has 2 aromatic rings. The summed E-state index contributed by atoms with van der Waals surface area (Å²) in [6, 6.07) is 6.82. The molecule has 0 radical (unpaired) electrons. The molecule has 2 rings (SSSR count). The fourth-order valence-corrected chi connectivity index (χ4v) is 2.25. The zero-order chi connectivity index (χ0) is 17.7. The Bertz CT molecular complexity index is 672. The molecule has 7 heteroatoms. The van der Waals surface area contributed by atoms with Crippen LogP contribution >= 0.6 is 0 Å². The Hall–Kier alpha value is -2.41. The van der Waals surface area contributed by atoms with Gasteiger partial charge in [0.15, 0.2) is 0 Å². The van der Waals surface area contributed by atoms with Crippen molar-refractivity contribution in [1.82, 2.24) is 10.3 Å². The van der Waals surface area contributed by atoms with Gasteiger partial charge >= 0.3 is 6.18 Å². The number of aliphatic hydroxyl groups excluding tert-OH is 1. The normalized spacial score (nSPS) is 14.0. The van der Waals surface area contributed by atoms with Crippen molar-refractivity contribution in [3.05, 3.63) is 65.5 Å². The number of pyridine rings is 1. The number of carbonyl (C=O) groups excluding carboxylic acids is 1. The Morgan fingerprint density at radius 3 is 2.42 bits per heavy atom. The van der Waals surface area contributed by atoms with Gasteiger partial charge < -0.3 is 10.4 Å². The first-order valence-corrected chi connectivity index (χ1v) is 7.39. The molecule has 128 valence electrons. The molecular weight excluding hydrogens is 321 g/mol. The minimum absolute atomic E-state index is 0.307. The lowest BCUT2D eigenvalue weighted by molar-refractivity contribution is -0.137. The number of aromatic nitrogens is 1. The largest absolute Gasteiger partial charge is 0.416 e. The van der Waals surface area contributed by atoms with Gasteiger partial charge in [0, 0.05) is 12.4 Å². The van der Waals surface area contributed by atoms with Crippen LogP contribution in [0.25, 0.3) is 0 Å². The van der Waals surface area contributed by atoms with Crippen LogP contribution < -0.4 is 5.32 Å². The third-order valence-electron chi connectivity index (χ3n) is 3.64. The first-order chi connectivity index (χ1) is 11.3. The van der Waals surface area contributed by atoms with E-state index < -0.39 is 29.8 Å². The third-order valence-corrected chi connectivity index (χ3v) is 3.64. The zero-order valence-corrected chi connectivity index (χ0v) is 12.9. The highest BCUT2D eigenvalue weighted by Gasteiger charge is 2.30. The van der Waals surface area contributed by atoms with Crippen LogP contribution in [-0.4, -0.2) is 22.0 Å². The molecule has 0 saturated heterocycles. The van der Waals surface area contributed by atoms with Crippen molar-refractivity contribution in [3.63, 3.8) is 0 Å². The molecule has 24 heavy (non-hydrogen) atoms. The second-order valence-corrected chi connectivity index (χ2v) is 5.29. The van der Waals surface area contributed by atoms with Gasteiger partial charge in [-0.2, -0.15) is 13.2 Å². The van der Waals surface area contributed by atoms with Crippen LogP contribution in [0, 0.1) is 0 Å². The summed E-state index contributed by atoms with van der Waals surface area (Å²) in [6.07, 6.45) is -2.20. The number of rotatable bonds is 5. The van der Waals surface area contributed by atoms with Gasteiger partial charge in [0.25, 0.3) is 5.91 Å². The number of hydrogen-bond donors (Lipinski definition) is 2. The lowest BCUT2D eigenvalue weighted by Gasteiger charge is -2.23. The van der Waals surface area contributed by atoms with Crippen LogP contribution in [0.5, 0.6) is 0 Å². The second-order valence-electron chi connectivity index (χ2n) is 5.29. The van der Waals surface area contributed by atoms with Crippen LogP contribution in [0.3, 0.4) is 0 Å². The van der Waals surface area contributed by atoms with E-state index in [1.54, 1.807) is 19.1 Å². The molecule has 2 N–H and O–H groups in total. The summed E-state index contributed by atoms with van der Waals surface area (Å²) in [6.45, 7) is 1.77. The van der Waals surface area contributed by atoms with Gasteiger partial charge in [-0.1, -0.05) is 19.1 Å². The lowest BCUT2D eigenvalue weighted by Crippen LogP contribution is -2.39. The standard InChI is InChI=1S/C17H17F3N2O2/c1-2-14(22-16(24)12-4-3-9-21-10-12)15(23)11-5-7-13(8-6-11)17(18,19)20/h3-10,14-15,23H,2H2,1H3,(H,22,24)/t14-,15+/m0/s1. The van der Waals surface area contributed by atoms with E-state index in [9.17, 15) is 23.1 Å². The van der Waals surface area contributed by atoms with Crippen molar-refractivity contribution in [1.29, 1.82) is 0 Å². The van der Waals surface area contributed by atoms with Gasteiger partial charge in [-0.25, -0.2) is 0 Å². The minimum atomic E-state index is -4.43. The summed E-state index contributed by atoms with van der Waals surface area (Å²) in [5, 5.41) is 13.0. The number of amides is 1. The van der Waals surface area contributed by atoms with Crippen molar-refractivity contribution >= 4 is 5.91 Å². The molecule has 0 spiro atoms. The summed E-state index contributed by atoms with van der Waals surface area (Å²) in [4.78, 5) is 16.0. The summed E-state index contributed by atoms with van der Waals surface area (Å²) >= 11 is 0. The lowest BCUT2D eigenvalue weighted by atomic mass is 9.98. The first kappa shape index (κ1) is 17.9. The SMILES string of the molecule is CC[C@H](NC(=O)c1cccnc1)[C@H](O)c1ccc(C(F)(F)F)cc1. The number of halogens is 3. The van der Waals surface area contributed by atoms with E-state index >= 15 is 0 Å². The predicted octanol–water partition coefficient (Wildman–Crippen LogP) is 3.34. The number of aliphatic hydroxyl groups is 1.